The fourth-order valence-corrected chi connectivity index (χ4v) is 2.40. The number of nitrogens with one attached hydrogen (secondary N) is 1. The van der Waals surface area contributed by atoms with Gasteiger partial charge in [-0.15, -0.1) is 0 Å². The molecule has 118 valence electrons. The highest BCUT2D eigenvalue weighted by Gasteiger charge is 2.18. The Bertz CT molecular complexity index is 604. The molecule has 0 bridgehead atoms. The standard InChI is InChI=1S/C19H24FNO/c1-19(2,20)17-9-6-7-15(13-17)11-12-21-14-16-8-4-5-10-18(16)22-3/h4-10,13,21H,11-12,14H2,1-3H3. The van der Waals surface area contributed by atoms with E-state index < -0.39 is 5.67 Å². The third kappa shape index (κ3) is 4.57. The van der Waals surface area contributed by atoms with Crippen LogP contribution in [0.25, 0.3) is 0 Å². The van der Waals surface area contributed by atoms with Gasteiger partial charge in [0.25, 0.3) is 0 Å². The van der Waals surface area contributed by atoms with E-state index in [4.69, 9.17) is 4.74 Å². The minimum atomic E-state index is -1.29. The van der Waals surface area contributed by atoms with Crippen LogP contribution in [0.2, 0.25) is 0 Å². The van der Waals surface area contributed by atoms with Crippen molar-refractivity contribution in [2.45, 2.75) is 32.5 Å². The van der Waals surface area contributed by atoms with Crippen LogP contribution in [0.15, 0.2) is 48.5 Å². The topological polar surface area (TPSA) is 21.3 Å². The molecule has 0 aliphatic heterocycles. The van der Waals surface area contributed by atoms with Gasteiger partial charge in [-0.05, 0) is 44.0 Å². The van der Waals surface area contributed by atoms with Crippen LogP contribution in [0, 0.1) is 0 Å². The second-order valence-corrected chi connectivity index (χ2v) is 5.91. The molecule has 2 aromatic rings. The predicted molar refractivity (Wildman–Crippen MR) is 89.0 cm³/mol. The zero-order valence-electron chi connectivity index (χ0n) is 13.5. The molecule has 0 aromatic heterocycles. The molecule has 0 aliphatic rings. The van der Waals surface area contributed by atoms with Crippen LogP contribution in [0.3, 0.4) is 0 Å². The van der Waals surface area contributed by atoms with Crippen LogP contribution in [-0.4, -0.2) is 13.7 Å². The Kier molecular flexibility index (Phi) is 5.56. The molecule has 3 heteroatoms. The number of hydrogen-bond donors (Lipinski definition) is 1. The lowest BCUT2D eigenvalue weighted by Crippen LogP contribution is -2.17. The smallest absolute Gasteiger partial charge is 0.130 e. The van der Waals surface area contributed by atoms with Crippen LogP contribution in [0.4, 0.5) is 4.39 Å². The van der Waals surface area contributed by atoms with E-state index >= 15 is 0 Å². The summed E-state index contributed by atoms with van der Waals surface area (Å²) in [6.07, 6.45) is 0.874. The Morgan fingerprint density at radius 2 is 1.86 bits per heavy atom. The number of para-hydroxylation sites is 1. The summed E-state index contributed by atoms with van der Waals surface area (Å²) in [7, 11) is 1.68. The normalized spacial score (nSPS) is 11.5. The molecule has 2 aromatic carbocycles. The molecule has 0 aliphatic carbocycles. The summed E-state index contributed by atoms with van der Waals surface area (Å²) >= 11 is 0. The molecular formula is C19H24FNO. The zero-order valence-corrected chi connectivity index (χ0v) is 13.5. The summed E-state index contributed by atoms with van der Waals surface area (Å²) in [4.78, 5) is 0. The van der Waals surface area contributed by atoms with Gasteiger partial charge >= 0.3 is 0 Å². The van der Waals surface area contributed by atoms with E-state index in [0.29, 0.717) is 0 Å². The number of rotatable bonds is 7. The number of ether oxygens (including phenoxy) is 1. The lowest BCUT2D eigenvalue weighted by molar-refractivity contribution is 0.221. The van der Waals surface area contributed by atoms with E-state index in [1.54, 1.807) is 21.0 Å². The molecule has 0 heterocycles. The van der Waals surface area contributed by atoms with Crippen LogP contribution in [0.1, 0.15) is 30.5 Å². The summed E-state index contributed by atoms with van der Waals surface area (Å²) < 4.78 is 19.3. The molecule has 0 radical (unpaired) electrons. The fraction of sp³-hybridized carbons (Fsp3) is 0.368. The molecule has 0 unspecified atom stereocenters. The van der Waals surface area contributed by atoms with Crippen molar-refractivity contribution in [2.24, 2.45) is 0 Å². The van der Waals surface area contributed by atoms with Gasteiger partial charge in [0.15, 0.2) is 0 Å². The van der Waals surface area contributed by atoms with Crippen molar-refractivity contribution < 1.29 is 9.13 Å². The third-order valence-electron chi connectivity index (χ3n) is 3.71. The van der Waals surface area contributed by atoms with Crippen molar-refractivity contribution >= 4 is 0 Å². The number of halogens is 1. The molecule has 0 saturated carbocycles. The van der Waals surface area contributed by atoms with Crippen LogP contribution < -0.4 is 10.1 Å². The molecule has 22 heavy (non-hydrogen) atoms. The van der Waals surface area contributed by atoms with E-state index in [-0.39, 0.29) is 0 Å². The van der Waals surface area contributed by atoms with E-state index in [9.17, 15) is 4.39 Å². The Morgan fingerprint density at radius 3 is 2.59 bits per heavy atom. The maximum Gasteiger partial charge on any atom is 0.130 e. The molecule has 1 N–H and O–H groups in total. The third-order valence-corrected chi connectivity index (χ3v) is 3.71. The molecule has 0 saturated heterocycles. The Morgan fingerprint density at radius 1 is 1.09 bits per heavy atom. The fourth-order valence-electron chi connectivity index (χ4n) is 2.40. The second kappa shape index (κ2) is 7.41. The molecule has 2 nitrogen and oxygen atoms in total. The van der Waals surface area contributed by atoms with E-state index in [1.165, 1.54) is 0 Å². The average molecular weight is 301 g/mol. The van der Waals surface area contributed by atoms with Gasteiger partial charge in [-0.2, -0.15) is 0 Å². The number of methoxy groups -OCH3 is 1. The highest BCUT2D eigenvalue weighted by molar-refractivity contribution is 5.33. The van der Waals surface area contributed by atoms with Crippen molar-refractivity contribution in [2.75, 3.05) is 13.7 Å². The Balaban J connectivity index is 1.87. The van der Waals surface area contributed by atoms with Gasteiger partial charge in [0.1, 0.15) is 11.4 Å². The first-order chi connectivity index (χ1) is 10.5. The summed E-state index contributed by atoms with van der Waals surface area (Å²) in [5.74, 6) is 0.899. The SMILES string of the molecule is COc1ccccc1CNCCc1cccc(C(C)(C)F)c1. The first-order valence-electron chi connectivity index (χ1n) is 7.61. The molecule has 0 spiro atoms. The molecule has 0 amide bonds. The summed E-state index contributed by atoms with van der Waals surface area (Å²) in [6.45, 7) is 4.78. The van der Waals surface area contributed by atoms with Gasteiger partial charge < -0.3 is 10.1 Å². The average Bonchev–Trinajstić information content (AvgIpc) is 2.51. The van der Waals surface area contributed by atoms with Crippen LogP contribution >= 0.6 is 0 Å². The van der Waals surface area contributed by atoms with Gasteiger partial charge in [-0.1, -0.05) is 42.5 Å². The van der Waals surface area contributed by atoms with E-state index in [1.807, 2.05) is 42.5 Å². The van der Waals surface area contributed by atoms with E-state index in [2.05, 4.69) is 11.4 Å². The number of benzene rings is 2. The highest BCUT2D eigenvalue weighted by atomic mass is 19.1. The monoisotopic (exact) mass is 301 g/mol. The van der Waals surface area contributed by atoms with Crippen molar-refractivity contribution in [1.29, 1.82) is 0 Å². The van der Waals surface area contributed by atoms with Crippen molar-refractivity contribution in [3.8, 4) is 5.75 Å². The summed E-state index contributed by atoms with van der Waals surface area (Å²) in [5.41, 5.74) is 1.73. The lowest BCUT2D eigenvalue weighted by Gasteiger charge is -2.15. The summed E-state index contributed by atoms with van der Waals surface area (Å²) in [5, 5.41) is 3.41. The zero-order chi connectivity index (χ0) is 16.0. The van der Waals surface area contributed by atoms with Crippen molar-refractivity contribution in [3.63, 3.8) is 0 Å². The Hall–Kier alpha value is -1.87. The second-order valence-electron chi connectivity index (χ2n) is 5.91. The maximum absolute atomic E-state index is 14.0. The highest BCUT2D eigenvalue weighted by Crippen LogP contribution is 2.25. The molecule has 0 atom stereocenters. The largest absolute Gasteiger partial charge is 0.496 e. The molecule has 2 rings (SSSR count). The van der Waals surface area contributed by atoms with Crippen LogP contribution in [-0.2, 0) is 18.6 Å². The van der Waals surface area contributed by atoms with Crippen LogP contribution in [0.5, 0.6) is 5.75 Å². The summed E-state index contributed by atoms with van der Waals surface area (Å²) in [6, 6.07) is 15.7. The quantitative estimate of drug-likeness (QED) is 0.773. The van der Waals surface area contributed by atoms with Crippen molar-refractivity contribution in [3.05, 3.63) is 65.2 Å². The van der Waals surface area contributed by atoms with E-state index in [0.717, 1.165) is 42.0 Å². The number of hydrogen-bond acceptors (Lipinski definition) is 2. The predicted octanol–water partition coefficient (Wildman–Crippen LogP) is 4.23. The number of alkyl halides is 1. The van der Waals surface area contributed by atoms with Gasteiger partial charge in [0, 0.05) is 12.1 Å². The van der Waals surface area contributed by atoms with Gasteiger partial charge in [0.05, 0.1) is 7.11 Å². The minimum absolute atomic E-state index is 0.731. The van der Waals surface area contributed by atoms with Gasteiger partial charge in [-0.3, -0.25) is 0 Å². The lowest BCUT2D eigenvalue weighted by atomic mass is 9.97. The first-order valence-corrected chi connectivity index (χ1v) is 7.61. The van der Waals surface area contributed by atoms with Gasteiger partial charge in [0.2, 0.25) is 0 Å². The Labute approximate surface area is 132 Å². The molecule has 0 fully saturated rings. The maximum atomic E-state index is 14.0. The first kappa shape index (κ1) is 16.5. The van der Waals surface area contributed by atoms with Gasteiger partial charge in [-0.25, -0.2) is 4.39 Å². The molecular weight excluding hydrogens is 277 g/mol. The van der Waals surface area contributed by atoms with Crippen molar-refractivity contribution in [1.82, 2.24) is 5.32 Å². The minimum Gasteiger partial charge on any atom is -0.496 e.